The van der Waals surface area contributed by atoms with Crippen molar-refractivity contribution in [3.63, 3.8) is 0 Å². The second-order valence-corrected chi connectivity index (χ2v) is 6.08. The first-order chi connectivity index (χ1) is 11.4. The fraction of sp³-hybridized carbons (Fsp3) is 0.316. The number of hydrogen-bond donors (Lipinski definition) is 0. The van der Waals surface area contributed by atoms with E-state index in [4.69, 9.17) is 0 Å². The Hall–Kier alpha value is -2.30. The van der Waals surface area contributed by atoms with Gasteiger partial charge in [-0.25, -0.2) is 0 Å². The van der Waals surface area contributed by atoms with Gasteiger partial charge in [0.25, 0.3) is 5.91 Å². The Morgan fingerprint density at radius 2 is 1.67 bits per heavy atom. The van der Waals surface area contributed by atoms with Crippen molar-refractivity contribution in [3.8, 4) is 0 Å². The second kappa shape index (κ2) is 6.67. The zero-order chi connectivity index (χ0) is 17.2. The topological polar surface area (TPSA) is 20.3 Å². The highest BCUT2D eigenvalue weighted by Crippen LogP contribution is 2.30. The molecular formula is C19H18F3NO. The molecular weight excluding hydrogens is 315 g/mol. The lowest BCUT2D eigenvalue weighted by molar-refractivity contribution is -0.137. The normalized spacial score (nSPS) is 18.5. The van der Waals surface area contributed by atoms with E-state index in [1.165, 1.54) is 17.7 Å². The maximum atomic E-state index is 12.6. The molecule has 1 aliphatic heterocycles. The SMILES string of the molecule is O=C(c1ccc(C(F)(F)F)cc1)N1CCCC(c2ccccc2)C1. The minimum atomic E-state index is -4.38. The Morgan fingerprint density at radius 1 is 1.00 bits per heavy atom. The third-order valence-electron chi connectivity index (χ3n) is 4.44. The molecule has 3 rings (SSSR count). The van der Waals surface area contributed by atoms with Crippen molar-refractivity contribution >= 4 is 5.91 Å². The van der Waals surface area contributed by atoms with Gasteiger partial charge in [-0.15, -0.1) is 0 Å². The van der Waals surface area contributed by atoms with E-state index in [1.54, 1.807) is 4.90 Å². The molecule has 0 N–H and O–H groups in total. The van der Waals surface area contributed by atoms with E-state index in [2.05, 4.69) is 12.1 Å². The zero-order valence-electron chi connectivity index (χ0n) is 13.1. The summed E-state index contributed by atoms with van der Waals surface area (Å²) in [6.45, 7) is 1.24. The number of amides is 1. The van der Waals surface area contributed by atoms with Gasteiger partial charge in [0, 0.05) is 24.6 Å². The minimum Gasteiger partial charge on any atom is -0.338 e. The fourth-order valence-electron chi connectivity index (χ4n) is 3.14. The number of carbonyl (C=O) groups is 1. The first-order valence-corrected chi connectivity index (χ1v) is 7.96. The van der Waals surface area contributed by atoms with Crippen molar-refractivity contribution in [1.82, 2.24) is 4.90 Å². The third-order valence-corrected chi connectivity index (χ3v) is 4.44. The Balaban J connectivity index is 1.73. The molecule has 5 heteroatoms. The van der Waals surface area contributed by atoms with Crippen molar-refractivity contribution in [2.45, 2.75) is 24.9 Å². The number of carbonyl (C=O) groups excluding carboxylic acids is 1. The molecule has 0 radical (unpaired) electrons. The Labute approximate surface area is 138 Å². The number of likely N-dealkylation sites (tertiary alicyclic amines) is 1. The van der Waals surface area contributed by atoms with Crippen molar-refractivity contribution in [2.75, 3.05) is 13.1 Å². The zero-order valence-corrected chi connectivity index (χ0v) is 13.1. The van der Waals surface area contributed by atoms with Gasteiger partial charge in [0.1, 0.15) is 0 Å². The lowest BCUT2D eigenvalue weighted by atomic mass is 9.90. The fourth-order valence-corrected chi connectivity index (χ4v) is 3.14. The summed E-state index contributed by atoms with van der Waals surface area (Å²) in [4.78, 5) is 14.3. The number of piperidine rings is 1. The van der Waals surface area contributed by atoms with Crippen LogP contribution in [0.25, 0.3) is 0 Å². The molecule has 0 bridgehead atoms. The van der Waals surface area contributed by atoms with Gasteiger partial charge in [0.2, 0.25) is 0 Å². The molecule has 0 spiro atoms. The van der Waals surface area contributed by atoms with Crippen molar-refractivity contribution < 1.29 is 18.0 Å². The van der Waals surface area contributed by atoms with Gasteiger partial charge >= 0.3 is 6.18 Å². The van der Waals surface area contributed by atoms with Gasteiger partial charge in [-0.3, -0.25) is 4.79 Å². The summed E-state index contributed by atoms with van der Waals surface area (Å²) in [5, 5.41) is 0. The van der Waals surface area contributed by atoms with Crippen LogP contribution >= 0.6 is 0 Å². The van der Waals surface area contributed by atoms with E-state index in [-0.39, 0.29) is 11.8 Å². The van der Waals surface area contributed by atoms with E-state index < -0.39 is 11.7 Å². The lowest BCUT2D eigenvalue weighted by Crippen LogP contribution is -2.39. The van der Waals surface area contributed by atoms with Crippen LogP contribution in [0.1, 0.15) is 40.2 Å². The predicted molar refractivity (Wildman–Crippen MR) is 85.8 cm³/mol. The van der Waals surface area contributed by atoms with Crippen molar-refractivity contribution in [2.24, 2.45) is 0 Å². The highest BCUT2D eigenvalue weighted by molar-refractivity contribution is 5.94. The number of halogens is 3. The highest BCUT2D eigenvalue weighted by Gasteiger charge is 2.31. The number of rotatable bonds is 2. The van der Waals surface area contributed by atoms with Crippen LogP contribution in [0.3, 0.4) is 0 Å². The molecule has 2 nitrogen and oxygen atoms in total. The molecule has 2 aromatic rings. The molecule has 1 unspecified atom stereocenters. The standard InChI is InChI=1S/C19H18F3NO/c20-19(21,22)17-10-8-15(9-11-17)18(24)23-12-4-7-16(13-23)14-5-2-1-3-6-14/h1-3,5-6,8-11,16H,4,7,12-13H2. The van der Waals surface area contributed by atoms with Gasteiger partial charge < -0.3 is 4.90 Å². The Bertz CT molecular complexity index is 695. The molecule has 0 aliphatic carbocycles. The smallest absolute Gasteiger partial charge is 0.338 e. The summed E-state index contributed by atoms with van der Waals surface area (Å²) in [6.07, 6.45) is -2.47. The second-order valence-electron chi connectivity index (χ2n) is 6.08. The van der Waals surface area contributed by atoms with Gasteiger partial charge in [0.15, 0.2) is 0 Å². The number of alkyl halides is 3. The molecule has 2 aromatic carbocycles. The van der Waals surface area contributed by atoms with Gasteiger partial charge in [-0.1, -0.05) is 30.3 Å². The molecule has 126 valence electrons. The third kappa shape index (κ3) is 3.61. The van der Waals surface area contributed by atoms with E-state index >= 15 is 0 Å². The van der Waals surface area contributed by atoms with E-state index in [0.29, 0.717) is 18.7 Å². The van der Waals surface area contributed by atoms with Gasteiger partial charge in [-0.2, -0.15) is 13.2 Å². The van der Waals surface area contributed by atoms with Crippen LogP contribution in [0, 0.1) is 0 Å². The molecule has 1 atom stereocenters. The van der Waals surface area contributed by atoms with Crippen molar-refractivity contribution in [1.29, 1.82) is 0 Å². The summed E-state index contributed by atoms with van der Waals surface area (Å²) in [7, 11) is 0. The quantitative estimate of drug-likeness (QED) is 0.778. The van der Waals surface area contributed by atoms with Crippen LogP contribution in [0.4, 0.5) is 13.2 Å². The van der Waals surface area contributed by atoms with Crippen molar-refractivity contribution in [3.05, 3.63) is 71.3 Å². The highest BCUT2D eigenvalue weighted by atomic mass is 19.4. The first-order valence-electron chi connectivity index (χ1n) is 7.96. The van der Waals surface area contributed by atoms with Crippen LogP contribution in [-0.2, 0) is 6.18 Å². The van der Waals surface area contributed by atoms with Crippen LogP contribution in [0.2, 0.25) is 0 Å². The molecule has 1 heterocycles. The van der Waals surface area contributed by atoms with Crippen LogP contribution < -0.4 is 0 Å². The van der Waals surface area contributed by atoms with E-state index in [9.17, 15) is 18.0 Å². The van der Waals surface area contributed by atoms with Gasteiger partial charge in [0.05, 0.1) is 5.56 Å². The maximum Gasteiger partial charge on any atom is 0.416 e. The summed E-state index contributed by atoms with van der Waals surface area (Å²) in [5.74, 6) is 0.0719. The molecule has 24 heavy (non-hydrogen) atoms. The first kappa shape index (κ1) is 16.6. The Kier molecular flexibility index (Phi) is 4.60. The molecule has 1 saturated heterocycles. The van der Waals surface area contributed by atoms with E-state index in [1.807, 2.05) is 18.2 Å². The number of hydrogen-bond acceptors (Lipinski definition) is 1. The Morgan fingerprint density at radius 3 is 2.29 bits per heavy atom. The van der Waals surface area contributed by atoms with E-state index in [0.717, 1.165) is 25.0 Å². The average molecular weight is 333 g/mol. The molecule has 1 fully saturated rings. The monoisotopic (exact) mass is 333 g/mol. The lowest BCUT2D eigenvalue weighted by Gasteiger charge is -2.33. The summed E-state index contributed by atoms with van der Waals surface area (Å²) >= 11 is 0. The summed E-state index contributed by atoms with van der Waals surface area (Å²) < 4.78 is 37.9. The number of nitrogens with zero attached hydrogens (tertiary/aromatic N) is 1. The maximum absolute atomic E-state index is 12.6. The average Bonchev–Trinajstić information content (AvgIpc) is 2.61. The predicted octanol–water partition coefficient (Wildman–Crippen LogP) is 4.73. The molecule has 0 saturated carbocycles. The summed E-state index contributed by atoms with van der Waals surface area (Å²) in [5.41, 5.74) is 0.763. The summed E-state index contributed by atoms with van der Waals surface area (Å²) in [6, 6.07) is 14.5. The number of benzene rings is 2. The van der Waals surface area contributed by atoms with Crippen LogP contribution in [0.15, 0.2) is 54.6 Å². The minimum absolute atomic E-state index is 0.204. The van der Waals surface area contributed by atoms with Crippen LogP contribution in [0.5, 0.6) is 0 Å². The molecule has 1 amide bonds. The van der Waals surface area contributed by atoms with Gasteiger partial charge in [-0.05, 0) is 42.7 Å². The molecule has 1 aliphatic rings. The van der Waals surface area contributed by atoms with Crippen LogP contribution in [-0.4, -0.2) is 23.9 Å². The molecule has 0 aromatic heterocycles. The largest absolute Gasteiger partial charge is 0.416 e.